The Kier molecular flexibility index (Phi) is 38.1. The molecule has 14 nitrogen and oxygen atoms in total. The lowest BCUT2D eigenvalue weighted by Gasteiger charge is -2.46. The zero-order valence-corrected chi connectivity index (χ0v) is 42.9. The Hall–Kier alpha value is -1.27. The number of unbranched alkanes of at least 4 members (excludes halogenated alkanes) is 29. The molecule has 2 heterocycles. The normalized spacial score (nSPS) is 26.4. The highest BCUT2D eigenvalue weighted by Gasteiger charge is 2.51. The van der Waals surface area contributed by atoms with Crippen LogP contribution in [0.3, 0.4) is 0 Å². The number of nitrogens with one attached hydrogen (secondary N) is 1. The van der Waals surface area contributed by atoms with Crippen molar-refractivity contribution in [2.75, 3.05) is 19.8 Å². The second kappa shape index (κ2) is 41.2. The number of carbonyl (C=O) groups excluding carboxylic acids is 1. The molecule has 0 bridgehead atoms. The second-order valence-corrected chi connectivity index (χ2v) is 20.1. The van der Waals surface area contributed by atoms with Crippen LogP contribution >= 0.6 is 0 Å². The highest BCUT2D eigenvalue weighted by Crippen LogP contribution is 2.30. The van der Waals surface area contributed by atoms with Gasteiger partial charge in [0, 0.05) is 6.42 Å². The lowest BCUT2D eigenvalue weighted by molar-refractivity contribution is -0.359. The average Bonchev–Trinajstić information content (AvgIpc) is 3.34. The fraction of sp³-hybridized carbons (Fsp3) is 0.944. The molecule has 2 saturated heterocycles. The Labute approximate surface area is 412 Å². The van der Waals surface area contributed by atoms with E-state index in [-0.39, 0.29) is 12.5 Å². The molecule has 0 aromatic heterocycles. The van der Waals surface area contributed by atoms with E-state index in [9.17, 15) is 45.6 Å². The van der Waals surface area contributed by atoms with Crippen molar-refractivity contribution in [1.29, 1.82) is 0 Å². The van der Waals surface area contributed by atoms with Crippen molar-refractivity contribution in [2.45, 2.75) is 306 Å². The zero-order chi connectivity index (χ0) is 49.6. The summed E-state index contributed by atoms with van der Waals surface area (Å²) in [6.07, 6.45) is 27.8. The number of aliphatic hydroxyl groups is 8. The predicted molar refractivity (Wildman–Crippen MR) is 268 cm³/mol. The molecule has 0 saturated carbocycles. The van der Waals surface area contributed by atoms with Crippen molar-refractivity contribution < 1.29 is 64.6 Å². The molecule has 0 aromatic carbocycles. The summed E-state index contributed by atoms with van der Waals surface area (Å²) >= 11 is 0. The van der Waals surface area contributed by atoms with Crippen molar-refractivity contribution in [3.05, 3.63) is 12.2 Å². The van der Waals surface area contributed by atoms with Gasteiger partial charge < -0.3 is 65.1 Å². The van der Waals surface area contributed by atoms with Crippen molar-refractivity contribution in [3.8, 4) is 0 Å². The topological polar surface area (TPSA) is 228 Å². The summed E-state index contributed by atoms with van der Waals surface area (Å²) in [5.41, 5.74) is 0. The molecule has 9 N–H and O–H groups in total. The van der Waals surface area contributed by atoms with Crippen molar-refractivity contribution in [3.63, 3.8) is 0 Å². The molecule has 68 heavy (non-hydrogen) atoms. The molecule has 0 radical (unpaired) electrons. The number of carbonyl (C=O) groups is 1. The van der Waals surface area contributed by atoms with Gasteiger partial charge in [-0.15, -0.1) is 0 Å². The maximum absolute atomic E-state index is 13.2. The molecule has 0 aromatic rings. The Morgan fingerprint density at radius 3 is 1.40 bits per heavy atom. The van der Waals surface area contributed by atoms with E-state index >= 15 is 0 Å². The number of aliphatic hydroxyl groups excluding tert-OH is 8. The zero-order valence-electron chi connectivity index (χ0n) is 42.9. The van der Waals surface area contributed by atoms with Crippen LogP contribution in [0.4, 0.5) is 0 Å². The smallest absolute Gasteiger partial charge is 0.220 e. The second-order valence-electron chi connectivity index (χ2n) is 20.1. The maximum atomic E-state index is 13.2. The Morgan fingerprint density at radius 1 is 0.515 bits per heavy atom. The van der Waals surface area contributed by atoms with Gasteiger partial charge in [0.15, 0.2) is 12.6 Å². The average molecular weight is 974 g/mol. The molecule has 2 rings (SSSR count). The van der Waals surface area contributed by atoms with Crippen molar-refractivity contribution in [1.82, 2.24) is 5.32 Å². The number of amides is 1. The molecule has 12 atom stereocenters. The number of hydrogen-bond acceptors (Lipinski definition) is 13. The summed E-state index contributed by atoms with van der Waals surface area (Å²) in [4.78, 5) is 13.2. The van der Waals surface area contributed by atoms with E-state index < -0.39 is 86.8 Å². The van der Waals surface area contributed by atoms with Gasteiger partial charge in [0.05, 0.1) is 32.0 Å². The van der Waals surface area contributed by atoms with Gasteiger partial charge in [0.1, 0.15) is 48.8 Å². The van der Waals surface area contributed by atoms with Crippen LogP contribution < -0.4 is 5.32 Å². The van der Waals surface area contributed by atoms with Gasteiger partial charge >= 0.3 is 0 Å². The quantitative estimate of drug-likeness (QED) is 0.0207. The minimum absolute atomic E-state index is 0.214. The standard InChI is InChI=1S/C54H103NO13/c1-3-5-7-9-11-13-15-17-19-20-21-22-23-24-25-27-29-31-33-35-37-43(58)42(55-46(59)38-36-34-32-30-28-26-18-16-14-12-10-8-6-4-2)41-65-53-51(64)49(62)52(45(40-57)67-53)68-54-50(63)48(61)47(60)44(39-56)66-54/h16,18,42-45,47-54,56-58,60-64H,3-15,17,19-41H2,1-2H3,(H,55,59)/b18-16-. The van der Waals surface area contributed by atoms with Crippen LogP contribution in [0.5, 0.6) is 0 Å². The van der Waals surface area contributed by atoms with Gasteiger partial charge in [-0.3, -0.25) is 4.79 Å². The molecule has 1 amide bonds. The monoisotopic (exact) mass is 974 g/mol. The summed E-state index contributed by atoms with van der Waals surface area (Å²) in [6.45, 7) is 2.86. The number of allylic oxidation sites excluding steroid dienone is 2. The number of ether oxygens (including phenoxy) is 4. The highest BCUT2D eigenvalue weighted by molar-refractivity contribution is 5.76. The van der Waals surface area contributed by atoms with Crippen molar-refractivity contribution >= 4 is 5.91 Å². The molecule has 2 aliphatic rings. The molecule has 2 fully saturated rings. The van der Waals surface area contributed by atoms with Crippen LogP contribution in [-0.2, 0) is 23.7 Å². The molecular formula is C54H103NO13. The summed E-state index contributed by atoms with van der Waals surface area (Å²) in [5.74, 6) is -0.214. The first-order valence-electron chi connectivity index (χ1n) is 27.9. The van der Waals surface area contributed by atoms with Crippen LogP contribution in [0.15, 0.2) is 12.2 Å². The summed E-state index contributed by atoms with van der Waals surface area (Å²) in [7, 11) is 0. The van der Waals surface area contributed by atoms with Crippen LogP contribution in [0.1, 0.15) is 232 Å². The van der Waals surface area contributed by atoms with Gasteiger partial charge in [0.2, 0.25) is 5.91 Å². The summed E-state index contributed by atoms with van der Waals surface area (Å²) in [6, 6.07) is -0.829. The summed E-state index contributed by atoms with van der Waals surface area (Å²) < 4.78 is 22.8. The minimum atomic E-state index is -1.78. The lowest BCUT2D eigenvalue weighted by atomic mass is 9.97. The van der Waals surface area contributed by atoms with E-state index in [1.165, 1.54) is 135 Å². The molecule has 0 aliphatic carbocycles. The van der Waals surface area contributed by atoms with E-state index in [0.717, 1.165) is 64.2 Å². The van der Waals surface area contributed by atoms with Gasteiger partial charge in [-0.25, -0.2) is 0 Å². The summed E-state index contributed by atoms with van der Waals surface area (Å²) in [5, 5.41) is 87.1. The van der Waals surface area contributed by atoms with Crippen LogP contribution in [0, 0.1) is 0 Å². The first-order chi connectivity index (χ1) is 33.1. The van der Waals surface area contributed by atoms with Crippen LogP contribution in [0.2, 0.25) is 0 Å². The highest BCUT2D eigenvalue weighted by atomic mass is 16.7. The third-order valence-corrected chi connectivity index (χ3v) is 14.0. The molecule has 402 valence electrons. The molecule has 12 unspecified atom stereocenters. The number of hydrogen-bond donors (Lipinski definition) is 9. The molecule has 0 spiro atoms. The van der Waals surface area contributed by atoms with Gasteiger partial charge in [-0.2, -0.15) is 0 Å². The maximum Gasteiger partial charge on any atom is 0.220 e. The van der Waals surface area contributed by atoms with E-state index in [2.05, 4.69) is 31.3 Å². The lowest BCUT2D eigenvalue weighted by Crippen LogP contribution is -2.65. The first kappa shape index (κ1) is 62.8. The predicted octanol–water partition coefficient (Wildman–Crippen LogP) is 8.33. The molecular weight excluding hydrogens is 871 g/mol. The van der Waals surface area contributed by atoms with E-state index in [1.54, 1.807) is 0 Å². The minimum Gasteiger partial charge on any atom is -0.394 e. The molecule has 14 heteroatoms. The van der Waals surface area contributed by atoms with E-state index in [1.807, 2.05) is 0 Å². The third kappa shape index (κ3) is 27.5. The van der Waals surface area contributed by atoms with Crippen LogP contribution in [-0.4, -0.2) is 140 Å². The van der Waals surface area contributed by atoms with Gasteiger partial charge in [0.25, 0.3) is 0 Å². The fourth-order valence-electron chi connectivity index (χ4n) is 9.41. The fourth-order valence-corrected chi connectivity index (χ4v) is 9.41. The first-order valence-corrected chi connectivity index (χ1v) is 27.9. The van der Waals surface area contributed by atoms with E-state index in [4.69, 9.17) is 18.9 Å². The van der Waals surface area contributed by atoms with Gasteiger partial charge in [-0.1, -0.05) is 199 Å². The Morgan fingerprint density at radius 2 is 0.926 bits per heavy atom. The largest absolute Gasteiger partial charge is 0.394 e. The SMILES string of the molecule is CCCCCCC/C=C\CCCCCCCC(=O)NC(COC1OC(CO)C(OC2OC(CO)C(O)C(O)C2O)C(O)C1O)C(O)CCCCCCCCCCCCCCCCCCCCCC. The Bertz CT molecular complexity index is 1200. The third-order valence-electron chi connectivity index (χ3n) is 14.0. The van der Waals surface area contributed by atoms with Crippen LogP contribution in [0.25, 0.3) is 0 Å². The van der Waals surface area contributed by atoms with Crippen molar-refractivity contribution in [2.24, 2.45) is 0 Å². The molecule has 2 aliphatic heterocycles. The van der Waals surface area contributed by atoms with Gasteiger partial charge in [-0.05, 0) is 38.5 Å². The van der Waals surface area contributed by atoms with E-state index in [0.29, 0.717) is 19.3 Å². The Balaban J connectivity index is 1.78. The number of rotatable bonds is 44.